The minimum absolute atomic E-state index is 0.223. The van der Waals surface area contributed by atoms with Crippen molar-refractivity contribution in [2.24, 2.45) is 0 Å². The number of hydrogen-bond acceptors (Lipinski definition) is 7. The highest BCUT2D eigenvalue weighted by molar-refractivity contribution is 7.81. The smallest absolute Gasteiger partial charge is 0.414 e. The third kappa shape index (κ3) is 11.2. The van der Waals surface area contributed by atoms with Crippen LogP contribution in [0.4, 0.5) is 37.1 Å². The summed E-state index contributed by atoms with van der Waals surface area (Å²) in [6.07, 6.45) is 4.70. The summed E-state index contributed by atoms with van der Waals surface area (Å²) in [7, 11) is 25.2. The number of aromatic nitrogens is 2. The van der Waals surface area contributed by atoms with Crippen LogP contribution in [0.2, 0.25) is 0 Å². The molecule has 5 rings (SSSR count). The topological polar surface area (TPSA) is 109 Å². The van der Waals surface area contributed by atoms with E-state index >= 15 is 0 Å². The number of benzene rings is 2. The molecule has 0 spiro atoms. The van der Waals surface area contributed by atoms with Crippen molar-refractivity contribution in [3.8, 4) is 0 Å². The van der Waals surface area contributed by atoms with Gasteiger partial charge in [0.15, 0.2) is 0 Å². The fraction of sp³-hybridized carbons (Fsp3) is 0.438. The second kappa shape index (κ2) is 17.2. The molecule has 11 nitrogen and oxygen atoms in total. The molecule has 0 saturated carbocycles. The second-order valence-corrected chi connectivity index (χ2v) is 13.8. The Kier molecular flexibility index (Phi) is 13.9. The Morgan fingerprint density at radius 1 is 0.880 bits per heavy atom. The lowest BCUT2D eigenvalue weighted by atomic mass is 8.76. The van der Waals surface area contributed by atoms with Gasteiger partial charge in [0.25, 0.3) is 0 Å². The maximum Gasteiger partial charge on any atom is 0.414 e. The molecule has 0 atom stereocenters. The molecule has 2 aliphatic heterocycles. The van der Waals surface area contributed by atoms with Gasteiger partial charge in [-0.2, -0.15) is 0 Å². The Labute approximate surface area is 303 Å². The fourth-order valence-electron chi connectivity index (χ4n) is 4.91. The van der Waals surface area contributed by atoms with E-state index in [0.29, 0.717) is 18.8 Å². The molecule has 0 unspecified atom stereocenters. The monoisotopic (exact) mass is 667 g/mol. The van der Waals surface area contributed by atoms with E-state index in [1.807, 2.05) is 78.9 Å². The van der Waals surface area contributed by atoms with Crippen molar-refractivity contribution < 1.29 is 23.9 Å². The molecule has 3 aromatic rings. The van der Waals surface area contributed by atoms with Crippen LogP contribution < -0.4 is 20.0 Å². The minimum Gasteiger partial charge on any atom is -0.443 e. The minimum atomic E-state index is -0.550. The number of imidazole rings is 1. The van der Waals surface area contributed by atoms with Gasteiger partial charge < -0.3 is 14.8 Å². The first-order chi connectivity index (χ1) is 23.3. The summed E-state index contributed by atoms with van der Waals surface area (Å²) in [5.41, 5.74) is 4.70. The van der Waals surface area contributed by atoms with Crippen LogP contribution in [0, 0.1) is 0 Å². The van der Waals surface area contributed by atoms with Crippen molar-refractivity contribution in [2.75, 3.05) is 47.2 Å². The van der Waals surface area contributed by atoms with Gasteiger partial charge in [0.05, 0.1) is 11.4 Å². The highest BCUT2D eigenvalue weighted by Gasteiger charge is 2.31. The maximum atomic E-state index is 12.5. The quantitative estimate of drug-likeness (QED) is 0.424. The van der Waals surface area contributed by atoms with E-state index in [-0.39, 0.29) is 24.6 Å². The number of rotatable bonds is 4. The first-order valence-electron chi connectivity index (χ1n) is 16.4. The van der Waals surface area contributed by atoms with Crippen LogP contribution in [0.3, 0.4) is 0 Å². The van der Waals surface area contributed by atoms with E-state index in [1.54, 1.807) is 29.2 Å². The molecule has 0 saturated heterocycles. The van der Waals surface area contributed by atoms with Gasteiger partial charge in [0, 0.05) is 102 Å². The van der Waals surface area contributed by atoms with Crippen molar-refractivity contribution >= 4 is 91.7 Å². The zero-order valence-corrected chi connectivity index (χ0v) is 30.3. The molecule has 9 radical (unpaired) electrons. The maximum absolute atomic E-state index is 12.5. The van der Waals surface area contributed by atoms with Crippen LogP contribution in [0.1, 0.15) is 52.7 Å². The third-order valence-corrected chi connectivity index (χ3v) is 7.53. The van der Waals surface area contributed by atoms with Gasteiger partial charge in [-0.3, -0.25) is 19.3 Å². The number of carbonyl (C=O) groups is 3. The number of nitrogens with one attached hydrogen (secondary N) is 1. The number of anilines is 4. The van der Waals surface area contributed by atoms with Gasteiger partial charge in [0.2, 0.25) is 0 Å². The van der Waals surface area contributed by atoms with Crippen LogP contribution in [-0.4, -0.2) is 117 Å². The number of carbonyl (C=O) groups excluding carboxylic acids is 3. The Balaban J connectivity index is 0.000000236. The Morgan fingerprint density at radius 3 is 1.82 bits per heavy atom. The van der Waals surface area contributed by atoms with E-state index in [4.69, 9.17) is 40.4 Å². The summed E-state index contributed by atoms with van der Waals surface area (Å²) < 4.78 is 12.3. The van der Waals surface area contributed by atoms with Crippen LogP contribution in [0.15, 0.2) is 55.1 Å². The zero-order chi connectivity index (χ0) is 37.4. The van der Waals surface area contributed by atoms with E-state index < -0.39 is 17.6 Å². The molecule has 3 heterocycles. The van der Waals surface area contributed by atoms with Gasteiger partial charge >= 0.3 is 18.2 Å². The largest absolute Gasteiger partial charge is 0.443 e. The van der Waals surface area contributed by atoms with E-state index in [0.717, 1.165) is 35.5 Å². The number of amides is 3. The van der Waals surface area contributed by atoms with Crippen LogP contribution in [0.25, 0.3) is 0 Å². The second-order valence-electron chi connectivity index (χ2n) is 13.8. The number of hydrogen-bond donors (Lipinski definition) is 1. The molecular weight excluding hydrogens is 624 g/mol. The molecule has 2 aromatic carbocycles. The first-order valence-corrected chi connectivity index (χ1v) is 16.4. The van der Waals surface area contributed by atoms with Crippen molar-refractivity contribution in [1.29, 1.82) is 0 Å². The Morgan fingerprint density at radius 2 is 1.40 bits per heavy atom. The molecular formula is C32H42B7N6O5. The molecule has 251 valence electrons. The third-order valence-electron chi connectivity index (χ3n) is 7.53. The molecule has 2 aliphatic rings. The molecule has 1 N–H and O–H groups in total. The van der Waals surface area contributed by atoms with Crippen LogP contribution in [-0.2, 0) is 22.3 Å². The van der Waals surface area contributed by atoms with Crippen molar-refractivity contribution in [2.45, 2.75) is 65.6 Å². The number of ether oxygens (including phenoxy) is 2. The summed E-state index contributed by atoms with van der Waals surface area (Å²) >= 11 is 0. The van der Waals surface area contributed by atoms with Gasteiger partial charge in [-0.25, -0.2) is 19.4 Å². The van der Waals surface area contributed by atoms with E-state index in [9.17, 15) is 14.4 Å². The highest BCUT2D eigenvalue weighted by atomic mass is 16.6. The fourth-order valence-corrected chi connectivity index (χ4v) is 4.91. The normalized spacial score (nSPS) is 13.0. The highest BCUT2D eigenvalue weighted by Crippen LogP contribution is 2.34. The summed E-state index contributed by atoms with van der Waals surface area (Å²) in [5.74, 6) is 0. The molecule has 3 amide bonds. The van der Waals surface area contributed by atoms with Gasteiger partial charge in [-0.15, -0.1) is 0 Å². The molecule has 1 aromatic heterocycles. The Hall–Kier alpha value is -4.09. The van der Waals surface area contributed by atoms with E-state index in [1.165, 1.54) is 28.4 Å². The van der Waals surface area contributed by atoms with Crippen molar-refractivity contribution in [3.63, 3.8) is 0 Å². The van der Waals surface area contributed by atoms with Gasteiger partial charge in [-0.05, 0) is 89.8 Å². The predicted molar refractivity (Wildman–Crippen MR) is 209 cm³/mol. The lowest BCUT2D eigenvalue weighted by molar-refractivity contribution is 0.0573. The standard InChI is InChI=1S/C18H22N4O3.C14H20N2O2.B7/c1-18(2,3)25-17(24)22-9-7-13-5-6-14(11-15(13)22)20(4)16(23)21-10-8-19-12-21;1-14(2,3)18-13(17)16-8-7-10-5-6-11(15-4)9-12(10)16;1-5-7(4)6(2)3/h5-6,8,10-12H,7,9H2,1-4H3;5-6,9,15H,7-8H2,1-4H3;. The SMILES string of the molecule is CN(C(=O)n1ccnc1)c1ccc2c(c1)N(C(=O)OC(C)(C)C)CC2.CNc1ccc2c(c1)N(C(=O)OC(C)(C)C)CC2.[B][B]B([B])B([B])[B]. The average molecular weight is 666 g/mol. The van der Waals surface area contributed by atoms with Crippen molar-refractivity contribution in [1.82, 2.24) is 9.55 Å². The van der Waals surface area contributed by atoms with E-state index in [2.05, 4.69) is 16.4 Å². The lowest BCUT2D eigenvalue weighted by Crippen LogP contribution is -2.43. The summed E-state index contributed by atoms with van der Waals surface area (Å²) in [6.45, 7) is 12.4. The average Bonchev–Trinajstić information content (AvgIpc) is 3.82. The van der Waals surface area contributed by atoms with Crippen LogP contribution >= 0.6 is 0 Å². The van der Waals surface area contributed by atoms with Gasteiger partial charge in [0.1, 0.15) is 17.5 Å². The molecule has 0 bridgehead atoms. The summed E-state index contributed by atoms with van der Waals surface area (Å²) in [5, 5.41) is 3.09. The zero-order valence-electron chi connectivity index (χ0n) is 30.3. The first kappa shape index (κ1) is 40.3. The molecule has 18 heteroatoms. The van der Waals surface area contributed by atoms with Gasteiger partial charge in [-0.1, -0.05) is 12.1 Å². The lowest BCUT2D eigenvalue weighted by Gasteiger charge is -2.25. The van der Waals surface area contributed by atoms with Crippen LogP contribution in [0.5, 0.6) is 0 Å². The predicted octanol–water partition coefficient (Wildman–Crippen LogP) is 3.65. The number of nitrogens with zero attached hydrogens (tertiary/aromatic N) is 5. The molecule has 0 aliphatic carbocycles. The summed E-state index contributed by atoms with van der Waals surface area (Å²) in [6, 6.07) is 11.5. The molecule has 50 heavy (non-hydrogen) atoms. The number of fused-ring (bicyclic) bond motifs is 2. The van der Waals surface area contributed by atoms with Crippen molar-refractivity contribution in [3.05, 3.63) is 66.2 Å². The summed E-state index contributed by atoms with van der Waals surface area (Å²) in [4.78, 5) is 45.7. The molecule has 0 fully saturated rings. The Bertz CT molecular complexity index is 1620.